The molecule has 0 unspecified atom stereocenters. The van der Waals surface area contributed by atoms with Gasteiger partial charge >= 0.3 is 5.97 Å². The van der Waals surface area contributed by atoms with Crippen LogP contribution in [0.3, 0.4) is 0 Å². The summed E-state index contributed by atoms with van der Waals surface area (Å²) in [4.78, 5) is 11.6. The first kappa shape index (κ1) is 23.0. The number of hydrogen-bond acceptors (Lipinski definition) is 3. The molecular formula is C31H36O3. The maximum Gasteiger partial charge on any atom is 0.330 e. The first-order valence-electron chi connectivity index (χ1n) is 12.8. The molecule has 3 heteroatoms. The molecule has 0 N–H and O–H groups in total. The van der Waals surface area contributed by atoms with Gasteiger partial charge in [-0.3, -0.25) is 0 Å². The molecule has 4 aliphatic carbocycles. The van der Waals surface area contributed by atoms with Crippen molar-refractivity contribution < 1.29 is 14.3 Å². The van der Waals surface area contributed by atoms with Gasteiger partial charge < -0.3 is 9.47 Å². The van der Waals surface area contributed by atoms with E-state index in [-0.39, 0.29) is 5.97 Å². The van der Waals surface area contributed by atoms with E-state index in [1.54, 1.807) is 0 Å². The van der Waals surface area contributed by atoms with Gasteiger partial charge in [-0.05, 0) is 103 Å². The van der Waals surface area contributed by atoms with Crippen LogP contribution in [-0.2, 0) is 21.4 Å². The lowest BCUT2D eigenvalue weighted by Crippen LogP contribution is -2.48. The lowest BCUT2D eigenvalue weighted by atomic mass is 9.48. The molecule has 0 atom stereocenters. The van der Waals surface area contributed by atoms with Crippen molar-refractivity contribution in [1.29, 1.82) is 0 Å². The summed E-state index contributed by atoms with van der Waals surface area (Å²) in [6.45, 7) is 0. The summed E-state index contributed by atoms with van der Waals surface area (Å²) >= 11 is 0. The summed E-state index contributed by atoms with van der Waals surface area (Å²) in [6.07, 6.45) is 15.8. The van der Waals surface area contributed by atoms with Crippen molar-refractivity contribution in [3.63, 3.8) is 0 Å². The zero-order chi connectivity index (χ0) is 23.5. The number of esters is 1. The molecule has 2 aromatic rings. The van der Waals surface area contributed by atoms with Crippen molar-refractivity contribution in [3.05, 3.63) is 83.4 Å². The second-order valence-corrected chi connectivity index (χ2v) is 10.7. The largest absolute Gasteiger partial charge is 0.496 e. The normalized spacial score (nSPS) is 27.8. The van der Waals surface area contributed by atoms with Crippen LogP contribution in [0.5, 0.6) is 5.75 Å². The van der Waals surface area contributed by atoms with Crippen molar-refractivity contribution in [2.75, 3.05) is 14.2 Å². The Kier molecular flexibility index (Phi) is 6.63. The number of allylic oxidation sites excluding steroid dienone is 3. The van der Waals surface area contributed by atoms with Crippen LogP contribution >= 0.6 is 0 Å². The monoisotopic (exact) mass is 456 g/mol. The van der Waals surface area contributed by atoms with E-state index in [9.17, 15) is 4.79 Å². The molecule has 0 spiro atoms. The molecule has 34 heavy (non-hydrogen) atoms. The highest BCUT2D eigenvalue weighted by Crippen LogP contribution is 2.61. The molecule has 4 aliphatic rings. The summed E-state index contributed by atoms with van der Waals surface area (Å²) in [5.41, 5.74) is 5.23. The average molecular weight is 457 g/mol. The minimum Gasteiger partial charge on any atom is -0.496 e. The van der Waals surface area contributed by atoms with Gasteiger partial charge in [0, 0.05) is 11.6 Å². The van der Waals surface area contributed by atoms with Gasteiger partial charge in [-0.25, -0.2) is 4.79 Å². The molecule has 0 aromatic heterocycles. The van der Waals surface area contributed by atoms with Crippen molar-refractivity contribution in [2.24, 2.45) is 17.8 Å². The molecule has 6 rings (SSSR count). The quantitative estimate of drug-likeness (QED) is 0.246. The van der Waals surface area contributed by atoms with Crippen LogP contribution in [0.25, 0.3) is 5.57 Å². The predicted octanol–water partition coefficient (Wildman–Crippen LogP) is 6.91. The Morgan fingerprint density at radius 2 is 1.62 bits per heavy atom. The Labute approximate surface area is 203 Å². The van der Waals surface area contributed by atoms with Crippen LogP contribution in [0.15, 0.2) is 66.8 Å². The van der Waals surface area contributed by atoms with Crippen LogP contribution in [0.4, 0.5) is 0 Å². The minimum absolute atomic E-state index is 0.341. The van der Waals surface area contributed by atoms with E-state index in [0.29, 0.717) is 5.41 Å². The van der Waals surface area contributed by atoms with Crippen molar-refractivity contribution >= 4 is 11.5 Å². The molecule has 0 heterocycles. The fourth-order valence-corrected chi connectivity index (χ4v) is 7.30. The number of aryl methyl sites for hydroxylation is 1. The Hall–Kier alpha value is -2.81. The number of carbonyl (C=O) groups is 1. The van der Waals surface area contributed by atoms with E-state index in [2.05, 4.69) is 36.4 Å². The zero-order valence-corrected chi connectivity index (χ0v) is 20.5. The van der Waals surface area contributed by atoms with Gasteiger partial charge in [0.05, 0.1) is 14.2 Å². The molecule has 3 nitrogen and oxygen atoms in total. The van der Waals surface area contributed by atoms with Gasteiger partial charge in [0.2, 0.25) is 0 Å². The molecule has 4 fully saturated rings. The smallest absolute Gasteiger partial charge is 0.330 e. The Bertz CT molecular complexity index is 1040. The Morgan fingerprint density at radius 3 is 2.24 bits per heavy atom. The zero-order valence-electron chi connectivity index (χ0n) is 20.5. The SMILES string of the molecule is COC(=O)C=CC(=CCCc1ccc(C23CC4CC(CC(C4)C2)C3)c(OC)c1)c1ccccc1. The van der Waals surface area contributed by atoms with Crippen LogP contribution in [0.2, 0.25) is 0 Å². The van der Waals surface area contributed by atoms with Crippen LogP contribution in [0.1, 0.15) is 61.6 Å². The molecule has 178 valence electrons. The van der Waals surface area contributed by atoms with E-state index in [4.69, 9.17) is 9.47 Å². The van der Waals surface area contributed by atoms with Crippen molar-refractivity contribution in [1.82, 2.24) is 0 Å². The lowest BCUT2D eigenvalue weighted by Gasteiger charge is -2.57. The molecule has 4 saturated carbocycles. The van der Waals surface area contributed by atoms with Crippen LogP contribution < -0.4 is 4.74 Å². The van der Waals surface area contributed by atoms with E-state index in [1.807, 2.05) is 31.4 Å². The standard InChI is InChI=1S/C31H36O3/c1-33-29-18-22(7-6-10-27(12-14-30(32)34-2)26-8-4-3-5-9-26)11-13-28(29)31-19-23-15-24(20-31)17-25(16-23)21-31/h3-5,8-14,18,23-25H,6-7,15-17,19-21H2,1-2H3. The first-order valence-corrected chi connectivity index (χ1v) is 12.8. The third kappa shape index (κ3) is 4.71. The van der Waals surface area contributed by atoms with Gasteiger partial charge in [-0.2, -0.15) is 0 Å². The first-order chi connectivity index (χ1) is 16.6. The number of hydrogen-bond donors (Lipinski definition) is 0. The highest BCUT2D eigenvalue weighted by Gasteiger charge is 2.52. The van der Waals surface area contributed by atoms with Crippen LogP contribution in [-0.4, -0.2) is 20.2 Å². The molecule has 2 aromatic carbocycles. The number of carbonyl (C=O) groups excluding carboxylic acids is 1. The molecule has 0 saturated heterocycles. The van der Waals surface area contributed by atoms with Gasteiger partial charge in [0.25, 0.3) is 0 Å². The van der Waals surface area contributed by atoms with Gasteiger partial charge in [0.1, 0.15) is 5.75 Å². The second-order valence-electron chi connectivity index (χ2n) is 10.7. The Balaban J connectivity index is 1.33. The number of ether oxygens (including phenoxy) is 2. The van der Waals surface area contributed by atoms with E-state index >= 15 is 0 Å². The highest BCUT2D eigenvalue weighted by molar-refractivity contribution is 5.87. The summed E-state index contributed by atoms with van der Waals surface area (Å²) in [5, 5.41) is 0. The molecule has 0 aliphatic heterocycles. The molecule has 0 radical (unpaired) electrons. The minimum atomic E-state index is -0.341. The molecule has 4 bridgehead atoms. The highest BCUT2D eigenvalue weighted by atomic mass is 16.5. The number of rotatable bonds is 8. The summed E-state index contributed by atoms with van der Waals surface area (Å²) in [6, 6.07) is 17.1. The fourth-order valence-electron chi connectivity index (χ4n) is 7.30. The Morgan fingerprint density at radius 1 is 0.941 bits per heavy atom. The molecule has 0 amide bonds. The maximum atomic E-state index is 11.6. The maximum absolute atomic E-state index is 11.6. The number of benzene rings is 2. The van der Waals surface area contributed by atoms with Crippen molar-refractivity contribution in [2.45, 2.75) is 56.8 Å². The van der Waals surface area contributed by atoms with E-state index < -0.39 is 0 Å². The molecular weight excluding hydrogens is 420 g/mol. The average Bonchev–Trinajstić information content (AvgIpc) is 2.85. The van der Waals surface area contributed by atoms with Gasteiger partial charge in [-0.1, -0.05) is 48.5 Å². The van der Waals surface area contributed by atoms with Crippen molar-refractivity contribution in [3.8, 4) is 5.75 Å². The van der Waals surface area contributed by atoms with E-state index in [1.165, 1.54) is 62.8 Å². The third-order valence-electron chi connectivity index (χ3n) is 8.38. The lowest BCUT2D eigenvalue weighted by molar-refractivity contribution is -0.134. The summed E-state index contributed by atoms with van der Waals surface area (Å²) in [7, 11) is 3.23. The van der Waals surface area contributed by atoms with Gasteiger partial charge in [-0.15, -0.1) is 0 Å². The predicted molar refractivity (Wildman–Crippen MR) is 137 cm³/mol. The van der Waals surface area contributed by atoms with E-state index in [0.717, 1.165) is 47.5 Å². The van der Waals surface area contributed by atoms with Gasteiger partial charge in [0.15, 0.2) is 0 Å². The second kappa shape index (κ2) is 9.82. The third-order valence-corrected chi connectivity index (χ3v) is 8.38. The van der Waals surface area contributed by atoms with Crippen LogP contribution in [0, 0.1) is 17.8 Å². The summed E-state index contributed by atoms with van der Waals surface area (Å²) in [5.74, 6) is 3.52. The fraction of sp³-hybridized carbons (Fsp3) is 0.452. The summed E-state index contributed by atoms with van der Waals surface area (Å²) < 4.78 is 10.7. The topological polar surface area (TPSA) is 35.5 Å². The number of methoxy groups -OCH3 is 2.